The number of hydrogen-bond donors (Lipinski definition) is 1. The molecule has 1 unspecified atom stereocenters. The van der Waals surface area contributed by atoms with Crippen molar-refractivity contribution >= 4 is 16.5 Å². The summed E-state index contributed by atoms with van der Waals surface area (Å²) < 4.78 is 13.8. The molecule has 0 saturated carbocycles. The number of hydrogen-bond acceptors (Lipinski definition) is 4. The van der Waals surface area contributed by atoms with E-state index in [2.05, 4.69) is 10.1 Å². The molecule has 2 N–H and O–H groups in total. The van der Waals surface area contributed by atoms with Gasteiger partial charge in [-0.1, -0.05) is 6.07 Å². The monoisotopic (exact) mass is 250 g/mol. The molecule has 1 atom stereocenters. The van der Waals surface area contributed by atoms with Crippen LogP contribution in [-0.2, 0) is 23.6 Å². The molecule has 0 amide bonds. The minimum atomic E-state index is -1.19. The Morgan fingerprint density at radius 3 is 2.88 bits per heavy atom. The topological polar surface area (TPSA) is 73.8 Å². The summed E-state index contributed by atoms with van der Waals surface area (Å²) in [6.45, 7) is 1.95. The van der Waals surface area contributed by atoms with Crippen molar-refractivity contribution in [2.75, 3.05) is 5.73 Å². The fourth-order valence-electron chi connectivity index (χ4n) is 1.48. The van der Waals surface area contributed by atoms with E-state index < -0.39 is 10.8 Å². The third-order valence-electron chi connectivity index (χ3n) is 2.48. The Bertz CT molecular complexity index is 564. The van der Waals surface area contributed by atoms with Crippen molar-refractivity contribution in [2.24, 2.45) is 7.05 Å². The third kappa shape index (κ3) is 2.52. The second-order valence-corrected chi connectivity index (χ2v) is 5.25. The summed E-state index contributed by atoms with van der Waals surface area (Å²) in [7, 11) is 0.584. The third-order valence-corrected chi connectivity index (χ3v) is 3.84. The van der Waals surface area contributed by atoms with Crippen LogP contribution in [0.15, 0.2) is 29.4 Å². The van der Waals surface area contributed by atoms with Crippen LogP contribution in [0.4, 0.5) is 5.69 Å². The van der Waals surface area contributed by atoms with Crippen LogP contribution in [-0.4, -0.2) is 19.0 Å². The van der Waals surface area contributed by atoms with Crippen molar-refractivity contribution in [3.63, 3.8) is 0 Å². The van der Waals surface area contributed by atoms with Crippen molar-refractivity contribution in [1.29, 1.82) is 0 Å². The highest BCUT2D eigenvalue weighted by Crippen LogP contribution is 2.19. The molecule has 0 fully saturated rings. The zero-order valence-electron chi connectivity index (χ0n) is 9.75. The Balaban J connectivity index is 2.26. The van der Waals surface area contributed by atoms with Crippen LogP contribution in [0, 0.1) is 6.92 Å². The lowest BCUT2D eigenvalue weighted by Gasteiger charge is -2.06. The number of nitrogen functional groups attached to an aromatic ring is 1. The summed E-state index contributed by atoms with van der Waals surface area (Å²) in [6.07, 6.45) is 1.45. The zero-order chi connectivity index (χ0) is 12.4. The molecule has 0 aliphatic rings. The first-order valence-corrected chi connectivity index (χ1v) is 6.47. The summed E-state index contributed by atoms with van der Waals surface area (Å²) in [5.74, 6) is 1.01. The number of anilines is 1. The van der Waals surface area contributed by atoms with E-state index in [9.17, 15) is 4.21 Å². The average molecular weight is 250 g/mol. The van der Waals surface area contributed by atoms with Gasteiger partial charge in [-0.05, 0) is 24.6 Å². The van der Waals surface area contributed by atoms with Gasteiger partial charge in [-0.25, -0.2) is 4.98 Å². The first-order chi connectivity index (χ1) is 8.08. The molecule has 0 bridgehead atoms. The minimum Gasteiger partial charge on any atom is -0.398 e. The molecule has 5 nitrogen and oxygen atoms in total. The van der Waals surface area contributed by atoms with Gasteiger partial charge in [-0.15, -0.1) is 0 Å². The summed E-state index contributed by atoms with van der Waals surface area (Å²) in [5.41, 5.74) is 7.42. The average Bonchev–Trinajstić information content (AvgIpc) is 2.68. The number of aryl methyl sites for hydroxylation is 2. The summed E-state index contributed by atoms with van der Waals surface area (Å²) in [4.78, 5) is 4.71. The lowest BCUT2D eigenvalue weighted by Crippen LogP contribution is -2.06. The predicted octanol–water partition coefficient (Wildman–Crippen LogP) is 1.01. The molecule has 1 heterocycles. The standard InChI is InChI=1S/C11H14N4OS/c1-8-3-4-9(12)10(5-8)17(16)6-11-13-7-14-15(11)2/h3-5,7H,6,12H2,1-2H3. The van der Waals surface area contributed by atoms with Crippen molar-refractivity contribution in [2.45, 2.75) is 17.6 Å². The van der Waals surface area contributed by atoms with E-state index in [0.717, 1.165) is 5.56 Å². The quantitative estimate of drug-likeness (QED) is 0.825. The first kappa shape index (κ1) is 11.8. The summed E-state index contributed by atoms with van der Waals surface area (Å²) in [6, 6.07) is 5.53. The van der Waals surface area contributed by atoms with Crippen LogP contribution in [0.2, 0.25) is 0 Å². The van der Waals surface area contributed by atoms with Gasteiger partial charge in [-0.2, -0.15) is 5.10 Å². The molecule has 6 heteroatoms. The second-order valence-electron chi connectivity index (χ2n) is 3.83. The highest BCUT2D eigenvalue weighted by atomic mass is 32.2. The highest BCUT2D eigenvalue weighted by Gasteiger charge is 2.12. The summed E-state index contributed by atoms with van der Waals surface area (Å²) in [5, 5.41) is 3.94. The van der Waals surface area contributed by atoms with Crippen LogP contribution in [0.5, 0.6) is 0 Å². The van der Waals surface area contributed by atoms with Crippen LogP contribution in [0.3, 0.4) is 0 Å². The Labute approximate surface area is 102 Å². The highest BCUT2D eigenvalue weighted by molar-refractivity contribution is 7.84. The Morgan fingerprint density at radius 1 is 1.47 bits per heavy atom. The van der Waals surface area contributed by atoms with Gasteiger partial charge >= 0.3 is 0 Å². The van der Waals surface area contributed by atoms with Crippen LogP contribution >= 0.6 is 0 Å². The van der Waals surface area contributed by atoms with Crippen molar-refractivity contribution < 1.29 is 4.21 Å². The lowest BCUT2D eigenvalue weighted by molar-refractivity contribution is 0.675. The summed E-state index contributed by atoms with van der Waals surface area (Å²) >= 11 is 0. The minimum absolute atomic E-state index is 0.324. The molecule has 0 aliphatic heterocycles. The number of benzene rings is 1. The fraction of sp³-hybridized carbons (Fsp3) is 0.273. The molecule has 0 saturated heterocycles. The predicted molar refractivity (Wildman–Crippen MR) is 66.7 cm³/mol. The maximum absolute atomic E-state index is 12.2. The van der Waals surface area contributed by atoms with E-state index in [1.807, 2.05) is 19.1 Å². The van der Waals surface area contributed by atoms with Gasteiger partial charge < -0.3 is 5.73 Å². The smallest absolute Gasteiger partial charge is 0.139 e. The number of nitrogens with two attached hydrogens (primary N) is 1. The lowest BCUT2D eigenvalue weighted by atomic mass is 10.2. The Hall–Kier alpha value is -1.69. The van der Waals surface area contributed by atoms with Gasteiger partial charge in [0.25, 0.3) is 0 Å². The van der Waals surface area contributed by atoms with Crippen LogP contribution in [0.25, 0.3) is 0 Å². The molecule has 1 aromatic carbocycles. The Kier molecular flexibility index (Phi) is 3.23. The van der Waals surface area contributed by atoms with Gasteiger partial charge in [0.2, 0.25) is 0 Å². The number of rotatable bonds is 3. The zero-order valence-corrected chi connectivity index (χ0v) is 10.6. The molecule has 0 aliphatic carbocycles. The van der Waals surface area contributed by atoms with Crippen molar-refractivity contribution in [3.8, 4) is 0 Å². The van der Waals surface area contributed by atoms with E-state index in [1.54, 1.807) is 17.8 Å². The van der Waals surface area contributed by atoms with Gasteiger partial charge in [0.1, 0.15) is 12.2 Å². The van der Waals surface area contributed by atoms with E-state index in [0.29, 0.717) is 22.2 Å². The largest absolute Gasteiger partial charge is 0.398 e. The van der Waals surface area contributed by atoms with Crippen molar-refractivity contribution in [3.05, 3.63) is 35.9 Å². The normalized spacial score (nSPS) is 12.6. The number of aromatic nitrogens is 3. The molecule has 1 aromatic heterocycles. The maximum atomic E-state index is 12.2. The second kappa shape index (κ2) is 4.67. The molecule has 0 spiro atoms. The fourth-order valence-corrected chi connectivity index (χ4v) is 2.78. The molecular formula is C11H14N4OS. The first-order valence-electron chi connectivity index (χ1n) is 5.15. The molecular weight excluding hydrogens is 236 g/mol. The van der Waals surface area contributed by atoms with Gasteiger partial charge in [0.15, 0.2) is 0 Å². The molecule has 0 radical (unpaired) electrons. The Morgan fingerprint density at radius 2 is 2.24 bits per heavy atom. The van der Waals surface area contributed by atoms with Gasteiger partial charge in [-0.3, -0.25) is 8.89 Å². The van der Waals surface area contributed by atoms with E-state index in [-0.39, 0.29) is 0 Å². The molecule has 17 heavy (non-hydrogen) atoms. The van der Waals surface area contributed by atoms with Crippen LogP contribution < -0.4 is 5.73 Å². The van der Waals surface area contributed by atoms with Crippen LogP contribution in [0.1, 0.15) is 11.4 Å². The maximum Gasteiger partial charge on any atom is 0.139 e. The van der Waals surface area contributed by atoms with E-state index in [4.69, 9.17) is 5.73 Å². The van der Waals surface area contributed by atoms with Gasteiger partial charge in [0.05, 0.1) is 21.4 Å². The van der Waals surface area contributed by atoms with Gasteiger partial charge in [0, 0.05) is 12.7 Å². The molecule has 2 aromatic rings. The number of nitrogens with zero attached hydrogens (tertiary/aromatic N) is 3. The molecule has 2 rings (SSSR count). The van der Waals surface area contributed by atoms with Crippen molar-refractivity contribution in [1.82, 2.24) is 14.8 Å². The van der Waals surface area contributed by atoms with E-state index in [1.165, 1.54) is 6.33 Å². The SMILES string of the molecule is Cc1ccc(N)c(S(=O)Cc2ncnn2C)c1. The molecule has 90 valence electrons. The van der Waals surface area contributed by atoms with E-state index >= 15 is 0 Å².